The van der Waals surface area contributed by atoms with Crippen LogP contribution in [0, 0.1) is 19.8 Å². The quantitative estimate of drug-likeness (QED) is 0.905. The summed E-state index contributed by atoms with van der Waals surface area (Å²) in [5, 5.41) is 8.36. The van der Waals surface area contributed by atoms with Gasteiger partial charge in [0.15, 0.2) is 0 Å². The Hall–Kier alpha value is -1.65. The predicted molar refractivity (Wildman–Crippen MR) is 98.1 cm³/mol. The van der Waals surface area contributed by atoms with E-state index in [1.165, 1.54) is 53.8 Å². The summed E-state index contributed by atoms with van der Waals surface area (Å²) >= 11 is 0. The van der Waals surface area contributed by atoms with Crippen LogP contribution in [0.15, 0.2) is 24.4 Å². The van der Waals surface area contributed by atoms with Crippen molar-refractivity contribution in [1.29, 1.82) is 0 Å². The van der Waals surface area contributed by atoms with Crippen LogP contribution in [-0.4, -0.2) is 28.5 Å². The molecule has 25 heavy (non-hydrogen) atoms. The number of nitrogens with zero attached hydrogens (tertiary/aromatic N) is 2. The van der Waals surface area contributed by atoms with Gasteiger partial charge in [0.25, 0.3) is 0 Å². The number of ether oxygens (including phenoxy) is 1. The number of hydrogen-bond donors (Lipinski definition) is 1. The number of aromatic nitrogens is 2. The maximum atomic E-state index is 6.44. The number of nitrogens with one attached hydrogen (secondary N) is 1. The van der Waals surface area contributed by atoms with Crippen molar-refractivity contribution in [2.75, 3.05) is 6.54 Å². The highest BCUT2D eigenvalue weighted by atomic mass is 16.5. The lowest BCUT2D eigenvalue weighted by atomic mass is 10.1. The van der Waals surface area contributed by atoms with Crippen LogP contribution in [0.5, 0.6) is 0 Å². The molecule has 132 valence electrons. The topological polar surface area (TPSA) is 39.1 Å². The Labute approximate surface area is 149 Å². The first-order valence-electron chi connectivity index (χ1n) is 9.69. The minimum atomic E-state index is 0.416. The zero-order chi connectivity index (χ0) is 17.0. The molecule has 0 amide bonds. The Bertz CT molecular complexity index is 772. The Balaban J connectivity index is 1.46. The average molecular weight is 337 g/mol. The molecule has 1 aromatic heterocycles. The molecule has 2 saturated carbocycles. The SMILES string of the molecule is Cc1cccc(C)c1-n1ncc(C2CC2)c1CO[C@@H]1C[C@@H]2C[C@H]1CN2. The maximum absolute atomic E-state index is 6.44. The van der Waals surface area contributed by atoms with E-state index in [4.69, 9.17) is 9.84 Å². The summed E-state index contributed by atoms with van der Waals surface area (Å²) in [6.45, 7) is 6.16. The molecule has 1 aliphatic heterocycles. The van der Waals surface area contributed by atoms with E-state index in [9.17, 15) is 0 Å². The van der Waals surface area contributed by atoms with Gasteiger partial charge in [0.05, 0.1) is 30.3 Å². The molecular formula is C21H27N3O. The molecule has 0 radical (unpaired) electrons. The van der Waals surface area contributed by atoms with Crippen LogP contribution in [0.4, 0.5) is 0 Å². The van der Waals surface area contributed by atoms with Gasteiger partial charge < -0.3 is 10.1 Å². The zero-order valence-electron chi connectivity index (χ0n) is 15.2. The number of hydrogen-bond acceptors (Lipinski definition) is 3. The van der Waals surface area contributed by atoms with Crippen LogP contribution >= 0.6 is 0 Å². The molecule has 3 fully saturated rings. The molecule has 0 spiro atoms. The third-order valence-corrected chi connectivity index (χ3v) is 6.30. The molecule has 4 nitrogen and oxygen atoms in total. The zero-order valence-corrected chi connectivity index (χ0v) is 15.2. The highest BCUT2D eigenvalue weighted by molar-refractivity contribution is 5.48. The van der Waals surface area contributed by atoms with Crippen molar-refractivity contribution in [3.8, 4) is 5.69 Å². The van der Waals surface area contributed by atoms with E-state index in [-0.39, 0.29) is 0 Å². The second kappa shape index (κ2) is 5.96. The molecule has 5 rings (SSSR count). The third-order valence-electron chi connectivity index (χ3n) is 6.30. The summed E-state index contributed by atoms with van der Waals surface area (Å²) in [5.41, 5.74) is 6.45. The Kier molecular flexibility index (Phi) is 3.72. The molecule has 2 aliphatic carbocycles. The first-order chi connectivity index (χ1) is 12.2. The molecular weight excluding hydrogens is 310 g/mol. The van der Waals surface area contributed by atoms with Crippen molar-refractivity contribution in [3.05, 3.63) is 46.8 Å². The van der Waals surface area contributed by atoms with Crippen molar-refractivity contribution in [2.45, 2.75) is 64.2 Å². The predicted octanol–water partition coefficient (Wildman–Crippen LogP) is 3.63. The van der Waals surface area contributed by atoms with Crippen molar-refractivity contribution >= 4 is 0 Å². The average Bonchev–Trinajstić information content (AvgIpc) is 3.03. The molecule has 3 aliphatic rings. The molecule has 1 saturated heterocycles. The lowest BCUT2D eigenvalue weighted by molar-refractivity contribution is 0.00685. The second-order valence-electron chi connectivity index (χ2n) is 8.16. The summed E-state index contributed by atoms with van der Waals surface area (Å²) in [6.07, 6.45) is 7.55. The van der Waals surface area contributed by atoms with Crippen LogP contribution in [0.3, 0.4) is 0 Å². The van der Waals surface area contributed by atoms with Gasteiger partial charge in [-0.25, -0.2) is 4.68 Å². The molecule has 4 heteroatoms. The Morgan fingerprint density at radius 2 is 2.00 bits per heavy atom. The fourth-order valence-corrected chi connectivity index (χ4v) is 4.77. The summed E-state index contributed by atoms with van der Waals surface area (Å²) in [7, 11) is 0. The standard InChI is InChI=1S/C21H27N3O/c1-13-4-3-5-14(2)21(13)24-19(18(11-23-24)15-6-7-15)12-25-20-9-17-8-16(20)10-22-17/h3-5,11,15-17,20,22H,6-10,12H2,1-2H3/t16-,17-,20+/m0/s1. The van der Waals surface area contributed by atoms with Crippen molar-refractivity contribution in [3.63, 3.8) is 0 Å². The molecule has 2 bridgehead atoms. The molecule has 3 atom stereocenters. The minimum Gasteiger partial charge on any atom is -0.372 e. The third kappa shape index (κ3) is 2.72. The number of benzene rings is 1. The smallest absolute Gasteiger partial charge is 0.0896 e. The van der Waals surface area contributed by atoms with Gasteiger partial charge in [0.1, 0.15) is 0 Å². The number of piperidine rings is 1. The monoisotopic (exact) mass is 337 g/mol. The van der Waals surface area contributed by atoms with Crippen LogP contribution in [-0.2, 0) is 11.3 Å². The summed E-state index contributed by atoms with van der Waals surface area (Å²) < 4.78 is 8.60. The molecule has 0 unspecified atom stereocenters. The Morgan fingerprint density at radius 1 is 1.20 bits per heavy atom. The van der Waals surface area contributed by atoms with E-state index < -0.39 is 0 Å². The minimum absolute atomic E-state index is 0.416. The lowest BCUT2D eigenvalue weighted by Gasteiger charge is -2.23. The number of fused-ring (bicyclic) bond motifs is 2. The van der Waals surface area contributed by atoms with Gasteiger partial charge in [-0.05, 0) is 68.1 Å². The highest BCUT2D eigenvalue weighted by Gasteiger charge is 2.40. The van der Waals surface area contributed by atoms with Crippen molar-refractivity contribution in [1.82, 2.24) is 15.1 Å². The summed E-state index contributed by atoms with van der Waals surface area (Å²) in [6, 6.07) is 7.15. The molecule has 1 N–H and O–H groups in total. The first kappa shape index (κ1) is 15.6. The van der Waals surface area contributed by atoms with Gasteiger partial charge >= 0.3 is 0 Å². The fraction of sp³-hybridized carbons (Fsp3) is 0.571. The van der Waals surface area contributed by atoms with Gasteiger partial charge in [0, 0.05) is 12.6 Å². The summed E-state index contributed by atoms with van der Waals surface area (Å²) in [5.74, 6) is 1.39. The second-order valence-corrected chi connectivity index (χ2v) is 8.16. The maximum Gasteiger partial charge on any atom is 0.0896 e. The van der Waals surface area contributed by atoms with Gasteiger partial charge in [-0.3, -0.25) is 0 Å². The van der Waals surface area contributed by atoms with Crippen molar-refractivity contribution < 1.29 is 4.74 Å². The van der Waals surface area contributed by atoms with E-state index in [0.29, 0.717) is 30.6 Å². The molecule has 2 heterocycles. The number of rotatable bonds is 5. The first-order valence-corrected chi connectivity index (χ1v) is 9.69. The lowest BCUT2D eigenvalue weighted by Crippen LogP contribution is -2.34. The van der Waals surface area contributed by atoms with Gasteiger partial charge in [0.2, 0.25) is 0 Å². The van der Waals surface area contributed by atoms with Gasteiger partial charge in [-0.1, -0.05) is 18.2 Å². The normalized spacial score (nSPS) is 28.0. The van der Waals surface area contributed by atoms with E-state index in [0.717, 1.165) is 6.54 Å². The van der Waals surface area contributed by atoms with Crippen LogP contribution in [0.25, 0.3) is 5.69 Å². The van der Waals surface area contributed by atoms with E-state index in [1.807, 2.05) is 0 Å². The molecule has 1 aromatic carbocycles. The largest absolute Gasteiger partial charge is 0.372 e. The Morgan fingerprint density at radius 3 is 2.64 bits per heavy atom. The van der Waals surface area contributed by atoms with Gasteiger partial charge in [-0.2, -0.15) is 5.10 Å². The van der Waals surface area contributed by atoms with Crippen LogP contribution in [0.2, 0.25) is 0 Å². The number of para-hydroxylation sites is 1. The fourth-order valence-electron chi connectivity index (χ4n) is 4.77. The van der Waals surface area contributed by atoms with Crippen LogP contribution in [0.1, 0.15) is 54.0 Å². The van der Waals surface area contributed by atoms with E-state index in [2.05, 4.69) is 48.2 Å². The van der Waals surface area contributed by atoms with Gasteiger partial charge in [-0.15, -0.1) is 0 Å². The molecule has 2 aromatic rings. The highest BCUT2D eigenvalue weighted by Crippen LogP contribution is 2.43. The van der Waals surface area contributed by atoms with Crippen molar-refractivity contribution in [2.24, 2.45) is 5.92 Å². The number of aryl methyl sites for hydroxylation is 2. The van der Waals surface area contributed by atoms with Crippen LogP contribution < -0.4 is 5.32 Å². The summed E-state index contributed by atoms with van der Waals surface area (Å²) in [4.78, 5) is 0. The van der Waals surface area contributed by atoms with E-state index >= 15 is 0 Å². The van der Waals surface area contributed by atoms with E-state index in [1.54, 1.807) is 0 Å².